The van der Waals surface area contributed by atoms with E-state index in [2.05, 4.69) is 62.3 Å². The molecule has 124 valence electrons. The van der Waals surface area contributed by atoms with Crippen LogP contribution in [0.4, 0.5) is 0 Å². The summed E-state index contributed by atoms with van der Waals surface area (Å²) in [5.74, 6) is 1.35. The van der Waals surface area contributed by atoms with Crippen LogP contribution in [0.5, 0.6) is 5.75 Å². The first-order chi connectivity index (χ1) is 11.5. The summed E-state index contributed by atoms with van der Waals surface area (Å²) in [6.45, 7) is 8.90. The fourth-order valence-electron chi connectivity index (χ4n) is 2.70. The molecule has 3 rings (SSSR count). The lowest BCUT2D eigenvalue weighted by molar-refractivity contribution is 0.296. The highest BCUT2D eigenvalue weighted by atomic mass is 16.5. The topological polar surface area (TPSA) is 39.9 Å². The average molecular weight is 321 g/mol. The van der Waals surface area contributed by atoms with Crippen LogP contribution < -0.4 is 4.74 Å². The van der Waals surface area contributed by atoms with Crippen LogP contribution in [0.1, 0.15) is 42.1 Å². The molecular formula is C20H23N3O. The summed E-state index contributed by atoms with van der Waals surface area (Å²) in [7, 11) is 0. The third kappa shape index (κ3) is 3.48. The van der Waals surface area contributed by atoms with E-state index in [1.165, 1.54) is 11.1 Å². The van der Waals surface area contributed by atoms with Gasteiger partial charge in [0.2, 0.25) is 0 Å². The third-order valence-corrected chi connectivity index (χ3v) is 4.07. The molecule has 0 atom stereocenters. The normalized spacial score (nSPS) is 11.0. The van der Waals surface area contributed by atoms with E-state index >= 15 is 0 Å². The first-order valence-corrected chi connectivity index (χ1v) is 8.25. The number of benzene rings is 2. The second-order valence-corrected chi connectivity index (χ2v) is 6.43. The number of rotatable bonds is 5. The maximum Gasteiger partial charge on any atom is 0.134 e. The van der Waals surface area contributed by atoms with Crippen molar-refractivity contribution in [2.24, 2.45) is 0 Å². The van der Waals surface area contributed by atoms with Crippen molar-refractivity contribution in [2.75, 3.05) is 0 Å². The maximum absolute atomic E-state index is 6.03. The van der Waals surface area contributed by atoms with Gasteiger partial charge in [-0.15, -0.1) is 5.10 Å². The lowest BCUT2D eigenvalue weighted by Gasteiger charge is -2.14. The van der Waals surface area contributed by atoms with E-state index in [-0.39, 0.29) is 0 Å². The number of nitrogens with zero attached hydrogens (tertiary/aromatic N) is 3. The summed E-state index contributed by atoms with van der Waals surface area (Å²) in [5, 5.41) is 8.45. The van der Waals surface area contributed by atoms with Gasteiger partial charge in [0.15, 0.2) is 0 Å². The summed E-state index contributed by atoms with van der Waals surface area (Å²) >= 11 is 0. The molecule has 0 amide bonds. The van der Waals surface area contributed by atoms with Gasteiger partial charge >= 0.3 is 0 Å². The monoisotopic (exact) mass is 321 g/mol. The molecular weight excluding hydrogens is 298 g/mol. The lowest BCUT2D eigenvalue weighted by atomic mass is 10.0. The Morgan fingerprint density at radius 2 is 1.88 bits per heavy atom. The van der Waals surface area contributed by atoms with Crippen molar-refractivity contribution >= 4 is 0 Å². The Bertz CT molecular complexity index is 836. The summed E-state index contributed by atoms with van der Waals surface area (Å²) < 4.78 is 7.83. The number of hydrogen-bond acceptors (Lipinski definition) is 3. The highest BCUT2D eigenvalue weighted by molar-refractivity contribution is 5.40. The standard InChI is InChI=1S/C20H23N3O/c1-14(2)18-10-9-15(3)11-20(18)24-13-17-12-23(22-21-17)19-8-6-5-7-16(19)4/h5-12,14H,13H2,1-4H3. The minimum absolute atomic E-state index is 0.412. The quantitative estimate of drug-likeness (QED) is 0.690. The van der Waals surface area contributed by atoms with Crippen LogP contribution in [0, 0.1) is 13.8 Å². The molecule has 0 saturated heterocycles. The zero-order chi connectivity index (χ0) is 17.1. The second-order valence-electron chi connectivity index (χ2n) is 6.43. The van der Waals surface area contributed by atoms with Crippen molar-refractivity contribution in [2.45, 2.75) is 40.2 Å². The first-order valence-electron chi connectivity index (χ1n) is 8.25. The Balaban J connectivity index is 1.77. The molecule has 0 radical (unpaired) electrons. The minimum Gasteiger partial charge on any atom is -0.487 e. The van der Waals surface area contributed by atoms with E-state index in [9.17, 15) is 0 Å². The fraction of sp³-hybridized carbons (Fsp3) is 0.300. The zero-order valence-electron chi connectivity index (χ0n) is 14.7. The molecule has 0 unspecified atom stereocenters. The zero-order valence-corrected chi connectivity index (χ0v) is 14.7. The van der Waals surface area contributed by atoms with Gasteiger partial charge in [-0.25, -0.2) is 4.68 Å². The van der Waals surface area contributed by atoms with Gasteiger partial charge in [0.05, 0.1) is 11.9 Å². The molecule has 1 heterocycles. The Labute approximate surface area is 143 Å². The van der Waals surface area contributed by atoms with Gasteiger partial charge in [0, 0.05) is 0 Å². The molecule has 0 aliphatic heterocycles. The van der Waals surface area contributed by atoms with Crippen LogP contribution in [-0.2, 0) is 6.61 Å². The summed E-state index contributed by atoms with van der Waals surface area (Å²) in [5.41, 5.74) is 5.42. The van der Waals surface area contributed by atoms with E-state index in [0.717, 1.165) is 22.7 Å². The van der Waals surface area contributed by atoms with E-state index in [1.54, 1.807) is 4.68 Å². The molecule has 0 saturated carbocycles. The summed E-state index contributed by atoms with van der Waals surface area (Å²) in [6.07, 6.45) is 1.92. The Morgan fingerprint density at radius 1 is 1.08 bits per heavy atom. The summed E-state index contributed by atoms with van der Waals surface area (Å²) in [6, 6.07) is 14.5. The first kappa shape index (κ1) is 16.2. The molecule has 4 heteroatoms. The predicted octanol–water partition coefficient (Wildman–Crippen LogP) is 4.59. The number of ether oxygens (including phenoxy) is 1. The number of para-hydroxylation sites is 1. The smallest absolute Gasteiger partial charge is 0.134 e. The average Bonchev–Trinajstić information content (AvgIpc) is 3.02. The van der Waals surface area contributed by atoms with Gasteiger partial charge < -0.3 is 4.74 Å². The highest BCUT2D eigenvalue weighted by Crippen LogP contribution is 2.28. The van der Waals surface area contributed by atoms with Crippen molar-refractivity contribution in [1.82, 2.24) is 15.0 Å². The van der Waals surface area contributed by atoms with Crippen LogP contribution in [0.15, 0.2) is 48.7 Å². The van der Waals surface area contributed by atoms with Gasteiger partial charge in [-0.1, -0.05) is 49.4 Å². The van der Waals surface area contributed by atoms with Crippen LogP contribution in [-0.4, -0.2) is 15.0 Å². The van der Waals surface area contributed by atoms with Crippen LogP contribution in [0.2, 0.25) is 0 Å². The third-order valence-electron chi connectivity index (χ3n) is 4.07. The van der Waals surface area contributed by atoms with Crippen molar-refractivity contribution in [1.29, 1.82) is 0 Å². The molecule has 0 N–H and O–H groups in total. The molecule has 0 fully saturated rings. The number of hydrogen-bond donors (Lipinski definition) is 0. The van der Waals surface area contributed by atoms with Gasteiger partial charge in [0.25, 0.3) is 0 Å². The molecule has 0 bridgehead atoms. The molecule has 1 aromatic heterocycles. The predicted molar refractivity (Wildman–Crippen MR) is 95.7 cm³/mol. The SMILES string of the molecule is Cc1ccc(C(C)C)c(OCc2cn(-c3ccccc3C)nn2)c1. The highest BCUT2D eigenvalue weighted by Gasteiger charge is 2.10. The van der Waals surface area contributed by atoms with E-state index in [1.807, 2.05) is 24.4 Å². The van der Waals surface area contributed by atoms with Gasteiger partial charge in [-0.05, 0) is 48.6 Å². The van der Waals surface area contributed by atoms with Gasteiger partial charge in [-0.2, -0.15) is 0 Å². The van der Waals surface area contributed by atoms with E-state index in [0.29, 0.717) is 12.5 Å². The Morgan fingerprint density at radius 3 is 2.62 bits per heavy atom. The number of aryl methyl sites for hydroxylation is 2. The lowest BCUT2D eigenvalue weighted by Crippen LogP contribution is -2.01. The van der Waals surface area contributed by atoms with E-state index in [4.69, 9.17) is 4.74 Å². The van der Waals surface area contributed by atoms with Gasteiger partial charge in [0.1, 0.15) is 18.1 Å². The van der Waals surface area contributed by atoms with Crippen LogP contribution in [0.3, 0.4) is 0 Å². The Kier molecular flexibility index (Phi) is 4.65. The van der Waals surface area contributed by atoms with Crippen LogP contribution >= 0.6 is 0 Å². The largest absolute Gasteiger partial charge is 0.487 e. The van der Waals surface area contributed by atoms with Crippen molar-refractivity contribution in [3.63, 3.8) is 0 Å². The van der Waals surface area contributed by atoms with Crippen molar-refractivity contribution in [3.8, 4) is 11.4 Å². The van der Waals surface area contributed by atoms with Gasteiger partial charge in [-0.3, -0.25) is 0 Å². The molecule has 0 spiro atoms. The van der Waals surface area contributed by atoms with E-state index < -0.39 is 0 Å². The molecule has 4 nitrogen and oxygen atoms in total. The fourth-order valence-corrected chi connectivity index (χ4v) is 2.70. The van der Waals surface area contributed by atoms with Crippen LogP contribution in [0.25, 0.3) is 5.69 Å². The molecule has 2 aromatic carbocycles. The Hall–Kier alpha value is -2.62. The minimum atomic E-state index is 0.412. The second kappa shape index (κ2) is 6.87. The molecule has 24 heavy (non-hydrogen) atoms. The molecule has 0 aliphatic rings. The number of aromatic nitrogens is 3. The summed E-state index contributed by atoms with van der Waals surface area (Å²) in [4.78, 5) is 0. The maximum atomic E-state index is 6.03. The molecule has 3 aromatic rings. The molecule has 0 aliphatic carbocycles. The van der Waals surface area contributed by atoms with Crippen molar-refractivity contribution < 1.29 is 4.74 Å². The van der Waals surface area contributed by atoms with Crippen molar-refractivity contribution in [3.05, 3.63) is 71.0 Å².